The zero-order chi connectivity index (χ0) is 16.1. The van der Waals surface area contributed by atoms with E-state index in [1.165, 1.54) is 11.3 Å². The number of aliphatic hydroxyl groups is 1. The Bertz CT molecular complexity index is 691. The third-order valence-electron chi connectivity index (χ3n) is 4.06. The van der Waals surface area contributed by atoms with Gasteiger partial charge in [-0.15, -0.1) is 0 Å². The van der Waals surface area contributed by atoms with E-state index >= 15 is 0 Å². The summed E-state index contributed by atoms with van der Waals surface area (Å²) in [6.45, 7) is 1.77. The smallest absolute Gasteiger partial charge is 0.119 e. The average Bonchev–Trinajstić information content (AvgIpc) is 2.61. The Morgan fingerprint density at radius 3 is 2.74 bits per heavy atom. The van der Waals surface area contributed by atoms with E-state index in [0.717, 1.165) is 19.4 Å². The first kappa shape index (κ1) is 15.4. The van der Waals surface area contributed by atoms with Crippen LogP contribution in [0.3, 0.4) is 0 Å². The SMILES string of the molecule is N#Cc1ccc(OCC(O)CN2CCCc3ccccc32)cc1. The minimum Gasteiger partial charge on any atom is -0.491 e. The second kappa shape index (κ2) is 7.17. The number of nitrogens with zero attached hydrogens (tertiary/aromatic N) is 2. The number of hydrogen-bond acceptors (Lipinski definition) is 4. The Hall–Kier alpha value is -2.51. The summed E-state index contributed by atoms with van der Waals surface area (Å²) in [4.78, 5) is 2.23. The van der Waals surface area contributed by atoms with E-state index in [4.69, 9.17) is 10.00 Å². The molecule has 2 aromatic rings. The number of hydrogen-bond donors (Lipinski definition) is 1. The lowest BCUT2D eigenvalue weighted by Gasteiger charge is -2.32. The van der Waals surface area contributed by atoms with E-state index in [0.29, 0.717) is 17.9 Å². The highest BCUT2D eigenvalue weighted by Gasteiger charge is 2.19. The van der Waals surface area contributed by atoms with Gasteiger partial charge in [0.15, 0.2) is 0 Å². The largest absolute Gasteiger partial charge is 0.491 e. The summed E-state index contributed by atoms with van der Waals surface area (Å²) in [5.74, 6) is 0.669. The standard InChI is InChI=1S/C19H20N2O2/c20-12-15-7-9-18(10-8-15)23-14-17(22)13-21-11-3-5-16-4-1-2-6-19(16)21/h1-2,4,6-10,17,22H,3,5,11,13-14H2. The molecule has 1 N–H and O–H groups in total. The first-order chi connectivity index (χ1) is 11.3. The number of aryl methyl sites for hydroxylation is 1. The lowest BCUT2D eigenvalue weighted by Crippen LogP contribution is -2.38. The van der Waals surface area contributed by atoms with E-state index in [1.807, 2.05) is 6.07 Å². The van der Waals surface area contributed by atoms with E-state index < -0.39 is 6.10 Å². The van der Waals surface area contributed by atoms with Gasteiger partial charge in [-0.3, -0.25) is 0 Å². The molecule has 0 spiro atoms. The topological polar surface area (TPSA) is 56.5 Å². The van der Waals surface area contributed by atoms with Crippen LogP contribution in [-0.2, 0) is 6.42 Å². The fraction of sp³-hybridized carbons (Fsp3) is 0.316. The number of aliphatic hydroxyl groups excluding tert-OH is 1. The van der Waals surface area contributed by atoms with Crippen molar-refractivity contribution in [2.45, 2.75) is 18.9 Å². The lowest BCUT2D eigenvalue weighted by atomic mass is 10.0. The normalized spacial score (nSPS) is 14.7. The lowest BCUT2D eigenvalue weighted by molar-refractivity contribution is 0.112. The number of rotatable bonds is 5. The summed E-state index contributed by atoms with van der Waals surface area (Å²) in [6.07, 6.45) is 1.65. The first-order valence-corrected chi connectivity index (χ1v) is 7.90. The van der Waals surface area contributed by atoms with Crippen molar-refractivity contribution in [2.24, 2.45) is 0 Å². The van der Waals surface area contributed by atoms with Gasteiger partial charge in [0.1, 0.15) is 18.5 Å². The molecule has 1 atom stereocenters. The fourth-order valence-electron chi connectivity index (χ4n) is 2.93. The third kappa shape index (κ3) is 3.82. The van der Waals surface area contributed by atoms with Gasteiger partial charge < -0.3 is 14.7 Å². The van der Waals surface area contributed by atoms with Crippen molar-refractivity contribution in [3.8, 4) is 11.8 Å². The van der Waals surface area contributed by atoms with Crippen molar-refractivity contribution < 1.29 is 9.84 Å². The van der Waals surface area contributed by atoms with Crippen LogP contribution in [0.2, 0.25) is 0 Å². The molecule has 118 valence electrons. The molecule has 1 heterocycles. The molecule has 1 aliphatic rings. The summed E-state index contributed by atoms with van der Waals surface area (Å²) >= 11 is 0. The maximum atomic E-state index is 10.3. The number of anilines is 1. The van der Waals surface area contributed by atoms with Crippen molar-refractivity contribution in [2.75, 3.05) is 24.6 Å². The molecule has 0 amide bonds. The molecule has 1 unspecified atom stereocenters. The molecule has 4 nitrogen and oxygen atoms in total. The van der Waals surface area contributed by atoms with Crippen molar-refractivity contribution in [1.82, 2.24) is 0 Å². The summed E-state index contributed by atoms with van der Waals surface area (Å²) in [5, 5.41) is 19.0. The number of nitriles is 1. The predicted molar refractivity (Wildman–Crippen MR) is 89.6 cm³/mol. The van der Waals surface area contributed by atoms with Crippen molar-refractivity contribution >= 4 is 5.69 Å². The molecule has 0 aliphatic carbocycles. The van der Waals surface area contributed by atoms with E-state index in [1.54, 1.807) is 24.3 Å². The molecule has 23 heavy (non-hydrogen) atoms. The Balaban J connectivity index is 1.55. The number of fused-ring (bicyclic) bond motifs is 1. The number of β-amino-alcohol motifs (C(OH)–C–C–N with tert-alkyl or cyclic N) is 1. The van der Waals surface area contributed by atoms with Crippen LogP contribution in [0.1, 0.15) is 17.5 Å². The first-order valence-electron chi connectivity index (χ1n) is 7.90. The summed E-state index contributed by atoms with van der Waals surface area (Å²) in [5.41, 5.74) is 3.16. The highest BCUT2D eigenvalue weighted by molar-refractivity contribution is 5.55. The van der Waals surface area contributed by atoms with Crippen LogP contribution in [0.4, 0.5) is 5.69 Å². The van der Waals surface area contributed by atoms with E-state index in [2.05, 4.69) is 29.2 Å². The predicted octanol–water partition coefficient (Wildman–Crippen LogP) is 2.75. The molecule has 0 aromatic heterocycles. The summed E-state index contributed by atoms with van der Waals surface area (Å²) < 4.78 is 5.61. The van der Waals surface area contributed by atoms with Crippen LogP contribution in [0.25, 0.3) is 0 Å². The van der Waals surface area contributed by atoms with Crippen LogP contribution in [0, 0.1) is 11.3 Å². The monoisotopic (exact) mass is 308 g/mol. The van der Waals surface area contributed by atoms with Gasteiger partial charge in [-0.05, 0) is 48.7 Å². The van der Waals surface area contributed by atoms with Gasteiger partial charge in [0.2, 0.25) is 0 Å². The number of benzene rings is 2. The van der Waals surface area contributed by atoms with Crippen LogP contribution >= 0.6 is 0 Å². The van der Waals surface area contributed by atoms with Crippen LogP contribution in [0.15, 0.2) is 48.5 Å². The Kier molecular flexibility index (Phi) is 4.80. The zero-order valence-electron chi connectivity index (χ0n) is 13.0. The molecule has 3 rings (SSSR count). The van der Waals surface area contributed by atoms with Crippen LogP contribution < -0.4 is 9.64 Å². The van der Waals surface area contributed by atoms with Gasteiger partial charge in [0.25, 0.3) is 0 Å². The minimum atomic E-state index is -0.559. The van der Waals surface area contributed by atoms with Gasteiger partial charge in [-0.25, -0.2) is 0 Å². The van der Waals surface area contributed by atoms with E-state index in [9.17, 15) is 5.11 Å². The molecular weight excluding hydrogens is 288 g/mol. The number of ether oxygens (including phenoxy) is 1. The zero-order valence-corrected chi connectivity index (χ0v) is 13.0. The Morgan fingerprint density at radius 1 is 1.17 bits per heavy atom. The molecule has 0 saturated heterocycles. The van der Waals surface area contributed by atoms with Crippen LogP contribution in [-0.4, -0.2) is 30.9 Å². The molecular formula is C19H20N2O2. The summed E-state index contributed by atoms with van der Waals surface area (Å²) in [7, 11) is 0. The van der Waals surface area contributed by atoms with Gasteiger partial charge >= 0.3 is 0 Å². The van der Waals surface area contributed by atoms with Crippen molar-refractivity contribution in [3.05, 3.63) is 59.7 Å². The van der Waals surface area contributed by atoms with Gasteiger partial charge in [-0.1, -0.05) is 18.2 Å². The molecule has 0 fully saturated rings. The Morgan fingerprint density at radius 2 is 1.96 bits per heavy atom. The summed E-state index contributed by atoms with van der Waals surface area (Å²) in [6, 6.07) is 17.4. The molecule has 1 aliphatic heterocycles. The quantitative estimate of drug-likeness (QED) is 0.923. The maximum Gasteiger partial charge on any atom is 0.119 e. The fourth-order valence-corrected chi connectivity index (χ4v) is 2.93. The molecule has 4 heteroatoms. The van der Waals surface area contributed by atoms with Gasteiger partial charge in [0, 0.05) is 18.8 Å². The maximum absolute atomic E-state index is 10.3. The second-order valence-electron chi connectivity index (χ2n) is 5.78. The molecule has 0 bridgehead atoms. The molecule has 0 saturated carbocycles. The Labute approximate surface area is 136 Å². The highest BCUT2D eigenvalue weighted by Crippen LogP contribution is 2.26. The minimum absolute atomic E-state index is 0.241. The average molecular weight is 308 g/mol. The van der Waals surface area contributed by atoms with Gasteiger partial charge in [-0.2, -0.15) is 5.26 Å². The van der Waals surface area contributed by atoms with Crippen molar-refractivity contribution in [1.29, 1.82) is 5.26 Å². The second-order valence-corrected chi connectivity index (χ2v) is 5.78. The number of para-hydroxylation sites is 1. The van der Waals surface area contributed by atoms with Gasteiger partial charge in [0.05, 0.1) is 11.6 Å². The molecule has 0 radical (unpaired) electrons. The molecule has 2 aromatic carbocycles. The van der Waals surface area contributed by atoms with Crippen molar-refractivity contribution in [3.63, 3.8) is 0 Å². The highest BCUT2D eigenvalue weighted by atomic mass is 16.5. The van der Waals surface area contributed by atoms with E-state index in [-0.39, 0.29) is 6.61 Å². The van der Waals surface area contributed by atoms with Crippen LogP contribution in [0.5, 0.6) is 5.75 Å². The third-order valence-corrected chi connectivity index (χ3v) is 4.06.